The van der Waals surface area contributed by atoms with Crippen LogP contribution in [0.2, 0.25) is 0 Å². The molecule has 5 aromatic heterocycles. The number of pyridine rings is 2. The SMILES string of the molecule is c1ccc(-c2nc(-c3ccc(-c4ccc5ccc6cccnc6c5n4)cc3)nc(-c3ccc4c(ccc5oc6nc7ccccc7nc6c54)c3)n2)cc1. The van der Waals surface area contributed by atoms with Gasteiger partial charge in [-0.25, -0.2) is 29.9 Å². The van der Waals surface area contributed by atoms with Crippen molar-refractivity contribution in [1.29, 1.82) is 0 Å². The molecule has 0 aliphatic heterocycles. The molecule has 8 heteroatoms. The summed E-state index contributed by atoms with van der Waals surface area (Å²) >= 11 is 0. The molecule has 0 aliphatic carbocycles. The Bertz CT molecular complexity index is 3230. The molecular weight excluding hydrogens is 655 g/mol. The number of para-hydroxylation sites is 2. The second-order valence-corrected chi connectivity index (χ2v) is 13.0. The van der Waals surface area contributed by atoms with Crippen molar-refractivity contribution in [1.82, 2.24) is 34.9 Å². The highest BCUT2D eigenvalue weighted by Crippen LogP contribution is 2.36. The molecule has 0 aliphatic rings. The maximum atomic E-state index is 6.17. The molecule has 0 spiro atoms. The number of nitrogens with zero attached hydrogens (tertiary/aromatic N) is 7. The predicted octanol–water partition coefficient (Wildman–Crippen LogP) is 10.6. The van der Waals surface area contributed by atoms with Crippen LogP contribution in [0.4, 0.5) is 0 Å². The second kappa shape index (κ2) is 11.5. The minimum absolute atomic E-state index is 0.526. The highest BCUT2D eigenvalue weighted by Gasteiger charge is 2.17. The predicted molar refractivity (Wildman–Crippen MR) is 210 cm³/mol. The molecule has 53 heavy (non-hydrogen) atoms. The minimum atomic E-state index is 0.526. The van der Waals surface area contributed by atoms with E-state index >= 15 is 0 Å². The third kappa shape index (κ3) is 4.88. The first kappa shape index (κ1) is 29.3. The lowest BCUT2D eigenvalue weighted by Crippen LogP contribution is -2.00. The van der Waals surface area contributed by atoms with Crippen molar-refractivity contribution in [2.75, 3.05) is 0 Å². The fraction of sp³-hybridized carbons (Fsp3) is 0. The Labute approximate surface area is 301 Å². The first-order valence-corrected chi connectivity index (χ1v) is 17.3. The zero-order valence-electron chi connectivity index (χ0n) is 28.0. The smallest absolute Gasteiger partial charge is 0.246 e. The monoisotopic (exact) mass is 679 g/mol. The Morgan fingerprint density at radius 1 is 0.396 bits per heavy atom. The molecule has 0 saturated carbocycles. The van der Waals surface area contributed by atoms with E-state index in [0.29, 0.717) is 23.2 Å². The van der Waals surface area contributed by atoms with Gasteiger partial charge < -0.3 is 4.42 Å². The lowest BCUT2D eigenvalue weighted by molar-refractivity contribution is 0.655. The molecule has 0 fully saturated rings. The van der Waals surface area contributed by atoms with Gasteiger partial charge in [0, 0.05) is 39.2 Å². The summed E-state index contributed by atoms with van der Waals surface area (Å²) in [4.78, 5) is 34.3. The fourth-order valence-electron chi connectivity index (χ4n) is 7.13. The summed E-state index contributed by atoms with van der Waals surface area (Å²) in [6, 6.07) is 48.7. The molecule has 5 heterocycles. The van der Waals surface area contributed by atoms with Gasteiger partial charge in [0.2, 0.25) is 5.71 Å². The summed E-state index contributed by atoms with van der Waals surface area (Å²) in [5.74, 6) is 1.77. The Balaban J connectivity index is 1.02. The Kier molecular flexibility index (Phi) is 6.38. The summed E-state index contributed by atoms with van der Waals surface area (Å²) in [7, 11) is 0. The minimum Gasteiger partial charge on any atom is -0.436 e. The fourth-order valence-corrected chi connectivity index (χ4v) is 7.13. The van der Waals surface area contributed by atoms with Gasteiger partial charge in [0.05, 0.1) is 33.1 Å². The first-order chi connectivity index (χ1) is 26.2. The van der Waals surface area contributed by atoms with Crippen molar-refractivity contribution in [3.8, 4) is 45.4 Å². The maximum Gasteiger partial charge on any atom is 0.246 e. The van der Waals surface area contributed by atoms with Gasteiger partial charge in [-0.15, -0.1) is 0 Å². The molecule has 0 unspecified atom stereocenters. The van der Waals surface area contributed by atoms with E-state index < -0.39 is 0 Å². The van der Waals surface area contributed by atoms with Crippen molar-refractivity contribution >= 4 is 65.8 Å². The molecule has 0 N–H and O–H groups in total. The summed E-state index contributed by atoms with van der Waals surface area (Å²) in [6.45, 7) is 0. The molecule has 246 valence electrons. The third-order valence-corrected chi connectivity index (χ3v) is 9.76. The van der Waals surface area contributed by atoms with E-state index in [2.05, 4.69) is 71.7 Å². The summed E-state index contributed by atoms with van der Waals surface area (Å²) < 4.78 is 6.17. The van der Waals surface area contributed by atoms with E-state index in [-0.39, 0.29) is 0 Å². The average molecular weight is 680 g/mol. The highest BCUT2D eigenvalue weighted by molar-refractivity contribution is 6.18. The van der Waals surface area contributed by atoms with Gasteiger partial charge in [0.25, 0.3) is 0 Å². The van der Waals surface area contributed by atoms with Crippen LogP contribution in [-0.4, -0.2) is 34.9 Å². The number of hydrogen-bond donors (Lipinski definition) is 0. The zero-order valence-corrected chi connectivity index (χ0v) is 28.0. The molecule has 6 aromatic carbocycles. The largest absolute Gasteiger partial charge is 0.436 e. The van der Waals surface area contributed by atoms with E-state index in [1.165, 1.54) is 0 Å². The maximum absolute atomic E-state index is 6.17. The van der Waals surface area contributed by atoms with Gasteiger partial charge in [-0.05, 0) is 47.2 Å². The van der Waals surface area contributed by atoms with Gasteiger partial charge in [0.15, 0.2) is 17.5 Å². The van der Waals surface area contributed by atoms with Gasteiger partial charge >= 0.3 is 0 Å². The molecule has 8 nitrogen and oxygen atoms in total. The van der Waals surface area contributed by atoms with Crippen LogP contribution in [0.25, 0.3) is 111 Å². The second-order valence-electron chi connectivity index (χ2n) is 13.0. The number of fused-ring (bicyclic) bond motifs is 9. The van der Waals surface area contributed by atoms with Crippen LogP contribution in [0.5, 0.6) is 0 Å². The summed E-state index contributed by atoms with van der Waals surface area (Å²) in [5, 5.41) is 5.10. The number of aromatic nitrogens is 7. The molecular formula is C45H25N7O. The normalized spacial score (nSPS) is 11.8. The molecule has 0 radical (unpaired) electrons. The number of rotatable bonds is 4. The van der Waals surface area contributed by atoms with E-state index in [1.54, 1.807) is 0 Å². The van der Waals surface area contributed by atoms with E-state index in [9.17, 15) is 0 Å². The van der Waals surface area contributed by atoms with E-state index in [4.69, 9.17) is 34.3 Å². The van der Waals surface area contributed by atoms with Crippen molar-refractivity contribution in [2.45, 2.75) is 0 Å². The van der Waals surface area contributed by atoms with Crippen molar-refractivity contribution < 1.29 is 4.42 Å². The third-order valence-electron chi connectivity index (χ3n) is 9.76. The Hall–Kier alpha value is -7.45. The van der Waals surface area contributed by atoms with Gasteiger partial charge in [-0.3, -0.25) is 4.98 Å². The summed E-state index contributed by atoms with van der Waals surface area (Å²) in [5.41, 5.74) is 9.96. The molecule has 0 atom stereocenters. The molecule has 0 amide bonds. The van der Waals surface area contributed by atoms with Crippen LogP contribution in [-0.2, 0) is 0 Å². The van der Waals surface area contributed by atoms with Gasteiger partial charge in [-0.1, -0.05) is 109 Å². The standard InChI is InChI=1S/C45H25N7O/c1-2-7-29(8-3-1)42-50-43(30-16-12-26(13-17-30)34-22-19-28-15-14-27-9-6-24-46-39(27)40(28)47-34)52-44(51-42)32-18-21-33-31(25-32)20-23-37-38(33)41-45(53-37)49-36-11-5-4-10-35(36)48-41/h1-25H. The number of furan rings is 1. The number of benzene rings is 6. The first-order valence-electron chi connectivity index (χ1n) is 17.3. The van der Waals surface area contributed by atoms with Gasteiger partial charge in [0.1, 0.15) is 11.1 Å². The number of hydrogen-bond acceptors (Lipinski definition) is 8. The quantitative estimate of drug-likeness (QED) is 0.169. The average Bonchev–Trinajstić information content (AvgIpc) is 3.60. The van der Waals surface area contributed by atoms with Crippen LogP contribution in [0.15, 0.2) is 156 Å². The molecule has 0 bridgehead atoms. The van der Waals surface area contributed by atoms with Crippen LogP contribution in [0.1, 0.15) is 0 Å². The van der Waals surface area contributed by atoms with Gasteiger partial charge in [-0.2, -0.15) is 0 Å². The Morgan fingerprint density at radius 3 is 1.85 bits per heavy atom. The lowest BCUT2D eigenvalue weighted by Gasteiger charge is -2.10. The molecule has 0 saturated heterocycles. The van der Waals surface area contributed by atoms with E-state index in [0.717, 1.165) is 88.0 Å². The van der Waals surface area contributed by atoms with Crippen LogP contribution in [0.3, 0.4) is 0 Å². The van der Waals surface area contributed by atoms with Crippen LogP contribution >= 0.6 is 0 Å². The van der Waals surface area contributed by atoms with Crippen LogP contribution < -0.4 is 0 Å². The van der Waals surface area contributed by atoms with E-state index in [1.807, 2.05) is 85.1 Å². The highest BCUT2D eigenvalue weighted by atomic mass is 16.3. The lowest BCUT2D eigenvalue weighted by atomic mass is 10.0. The summed E-state index contributed by atoms with van der Waals surface area (Å²) in [6.07, 6.45) is 1.81. The Morgan fingerprint density at radius 2 is 1.04 bits per heavy atom. The van der Waals surface area contributed by atoms with Crippen molar-refractivity contribution in [3.63, 3.8) is 0 Å². The molecule has 11 aromatic rings. The zero-order chi connectivity index (χ0) is 34.9. The van der Waals surface area contributed by atoms with Crippen LogP contribution in [0, 0.1) is 0 Å². The molecule has 11 rings (SSSR count). The van der Waals surface area contributed by atoms with Crippen molar-refractivity contribution in [2.24, 2.45) is 0 Å². The topological polar surface area (TPSA) is 103 Å². The van der Waals surface area contributed by atoms with Crippen molar-refractivity contribution in [3.05, 3.63) is 152 Å².